The van der Waals surface area contributed by atoms with E-state index in [-0.39, 0.29) is 30.8 Å². The fourth-order valence-electron chi connectivity index (χ4n) is 2.93. The van der Waals surface area contributed by atoms with Crippen molar-refractivity contribution in [3.8, 4) is 0 Å². The van der Waals surface area contributed by atoms with Crippen LogP contribution in [0.4, 0.5) is 0 Å². The van der Waals surface area contributed by atoms with E-state index >= 15 is 0 Å². The molecule has 1 aromatic carbocycles. The Labute approximate surface area is 141 Å². The Morgan fingerprint density at radius 2 is 2.04 bits per heavy atom. The molecule has 0 aromatic heterocycles. The van der Waals surface area contributed by atoms with E-state index in [1.165, 1.54) is 0 Å². The number of piperidine rings is 1. The number of amides is 2. The number of likely N-dealkylation sites (tertiary alicyclic amines) is 1. The molecule has 5 nitrogen and oxygen atoms in total. The molecule has 0 unspecified atom stereocenters. The average molecular weight is 339 g/mol. The number of nitrogens with zero attached hydrogens (tertiary/aromatic N) is 1. The lowest BCUT2D eigenvalue weighted by Crippen LogP contribution is -2.45. The first-order chi connectivity index (χ1) is 11.0. The number of benzene rings is 1. The second-order valence-electron chi connectivity index (χ2n) is 5.94. The van der Waals surface area contributed by atoms with Gasteiger partial charge < -0.3 is 15.3 Å². The number of aliphatic hydroxyl groups is 1. The molecule has 0 spiro atoms. The van der Waals surface area contributed by atoms with Crippen LogP contribution in [0.2, 0.25) is 5.02 Å². The average Bonchev–Trinajstić information content (AvgIpc) is 2.53. The van der Waals surface area contributed by atoms with Gasteiger partial charge in [-0.25, -0.2) is 0 Å². The van der Waals surface area contributed by atoms with E-state index < -0.39 is 6.10 Å². The van der Waals surface area contributed by atoms with Crippen LogP contribution in [-0.4, -0.2) is 41.0 Å². The first kappa shape index (κ1) is 17.8. The molecule has 23 heavy (non-hydrogen) atoms. The second kappa shape index (κ2) is 8.31. The van der Waals surface area contributed by atoms with Gasteiger partial charge in [0.25, 0.3) is 0 Å². The predicted molar refractivity (Wildman–Crippen MR) is 89.1 cm³/mol. The summed E-state index contributed by atoms with van der Waals surface area (Å²) < 4.78 is 0. The quantitative estimate of drug-likeness (QED) is 0.865. The predicted octanol–water partition coefficient (Wildman–Crippen LogP) is 2.28. The number of carbonyl (C=O) groups is 2. The topological polar surface area (TPSA) is 69.6 Å². The Morgan fingerprint density at radius 1 is 1.35 bits per heavy atom. The molecular formula is C17H23ClN2O3. The van der Waals surface area contributed by atoms with Crippen molar-refractivity contribution in [3.63, 3.8) is 0 Å². The van der Waals surface area contributed by atoms with Gasteiger partial charge in [-0.15, -0.1) is 0 Å². The molecule has 0 radical (unpaired) electrons. The third kappa shape index (κ3) is 5.22. The van der Waals surface area contributed by atoms with Gasteiger partial charge in [-0.2, -0.15) is 0 Å². The van der Waals surface area contributed by atoms with E-state index in [2.05, 4.69) is 5.32 Å². The van der Waals surface area contributed by atoms with E-state index in [0.717, 1.165) is 25.8 Å². The number of hydrogen-bond donors (Lipinski definition) is 2. The lowest BCUT2D eigenvalue weighted by Gasteiger charge is -2.34. The first-order valence-corrected chi connectivity index (χ1v) is 8.32. The maximum atomic E-state index is 12.1. The third-order valence-electron chi connectivity index (χ3n) is 4.20. The van der Waals surface area contributed by atoms with Crippen LogP contribution >= 0.6 is 11.6 Å². The molecule has 1 saturated heterocycles. The zero-order valence-electron chi connectivity index (χ0n) is 13.3. The highest BCUT2D eigenvalue weighted by molar-refractivity contribution is 6.30. The van der Waals surface area contributed by atoms with Gasteiger partial charge >= 0.3 is 0 Å². The molecule has 1 fully saturated rings. The molecule has 2 amide bonds. The molecular weight excluding hydrogens is 316 g/mol. The minimum Gasteiger partial charge on any atom is -0.387 e. The van der Waals surface area contributed by atoms with E-state index in [1.54, 1.807) is 36.1 Å². The van der Waals surface area contributed by atoms with Crippen LogP contribution < -0.4 is 5.32 Å². The summed E-state index contributed by atoms with van der Waals surface area (Å²) in [6.07, 6.45) is 2.40. The van der Waals surface area contributed by atoms with Crippen LogP contribution in [0.5, 0.6) is 0 Å². The van der Waals surface area contributed by atoms with Crippen molar-refractivity contribution in [1.82, 2.24) is 10.2 Å². The van der Waals surface area contributed by atoms with E-state index in [1.807, 2.05) is 0 Å². The maximum absolute atomic E-state index is 12.1. The van der Waals surface area contributed by atoms with Gasteiger partial charge in [-0.3, -0.25) is 9.59 Å². The van der Waals surface area contributed by atoms with Gasteiger partial charge in [0.15, 0.2) is 0 Å². The van der Waals surface area contributed by atoms with Crippen LogP contribution in [0.1, 0.15) is 44.3 Å². The highest BCUT2D eigenvalue weighted by Crippen LogP contribution is 2.20. The number of rotatable bonds is 5. The van der Waals surface area contributed by atoms with E-state index in [9.17, 15) is 14.7 Å². The molecule has 2 N–H and O–H groups in total. The summed E-state index contributed by atoms with van der Waals surface area (Å²) in [5.74, 6) is -0.125. The molecule has 1 heterocycles. The van der Waals surface area contributed by atoms with Crippen LogP contribution in [0.25, 0.3) is 0 Å². The highest BCUT2D eigenvalue weighted by Gasteiger charge is 2.26. The van der Waals surface area contributed by atoms with Crippen LogP contribution in [0.15, 0.2) is 24.3 Å². The summed E-state index contributed by atoms with van der Waals surface area (Å²) >= 11 is 5.81. The Bertz CT molecular complexity index is 547. The van der Waals surface area contributed by atoms with Gasteiger partial charge in [-0.1, -0.05) is 23.7 Å². The Kier molecular flexibility index (Phi) is 6.42. The first-order valence-electron chi connectivity index (χ1n) is 7.95. The lowest BCUT2D eigenvalue weighted by molar-refractivity contribution is -0.134. The summed E-state index contributed by atoms with van der Waals surface area (Å²) in [5.41, 5.74) is 0.706. The fraction of sp³-hybridized carbons (Fsp3) is 0.529. The van der Waals surface area contributed by atoms with Gasteiger partial charge in [0.05, 0.1) is 6.10 Å². The molecule has 126 valence electrons. The monoisotopic (exact) mass is 338 g/mol. The number of nitrogens with one attached hydrogen (secondary N) is 1. The van der Waals surface area contributed by atoms with Crippen molar-refractivity contribution < 1.29 is 14.7 Å². The summed E-state index contributed by atoms with van der Waals surface area (Å²) in [6.45, 7) is 2.41. The Morgan fingerprint density at radius 3 is 2.70 bits per heavy atom. The number of halogens is 1. The van der Waals surface area contributed by atoms with Crippen LogP contribution in [-0.2, 0) is 9.59 Å². The largest absolute Gasteiger partial charge is 0.387 e. The van der Waals surface area contributed by atoms with Gasteiger partial charge in [0.1, 0.15) is 0 Å². The molecule has 1 aliphatic heterocycles. The van der Waals surface area contributed by atoms with Gasteiger partial charge in [0.2, 0.25) is 11.8 Å². The van der Waals surface area contributed by atoms with Crippen LogP contribution in [0.3, 0.4) is 0 Å². The zero-order chi connectivity index (χ0) is 16.8. The van der Waals surface area contributed by atoms with Crippen molar-refractivity contribution in [2.45, 2.75) is 44.8 Å². The number of hydrogen-bond acceptors (Lipinski definition) is 3. The smallest absolute Gasteiger partial charge is 0.222 e. The SMILES string of the molecule is CC(=O)N1CCCC[C@@H]1CC(=O)NC[C@@H](O)c1ccc(Cl)cc1. The molecule has 2 atom stereocenters. The standard InChI is InChI=1S/C17H23ClN2O3/c1-12(21)20-9-3-2-4-15(20)10-17(23)19-11-16(22)13-5-7-14(18)8-6-13/h5-8,15-16,22H,2-4,9-11H2,1H3,(H,19,23)/t15-,16-/m1/s1. The lowest BCUT2D eigenvalue weighted by atomic mass is 9.99. The van der Waals surface area contributed by atoms with E-state index in [0.29, 0.717) is 10.6 Å². The highest BCUT2D eigenvalue weighted by atomic mass is 35.5. The molecule has 1 aromatic rings. The van der Waals surface area contributed by atoms with Crippen molar-refractivity contribution >= 4 is 23.4 Å². The molecule has 2 rings (SSSR count). The maximum Gasteiger partial charge on any atom is 0.222 e. The van der Waals surface area contributed by atoms with Gasteiger partial charge in [-0.05, 0) is 37.0 Å². The molecule has 1 aliphatic rings. The van der Waals surface area contributed by atoms with Crippen molar-refractivity contribution in [3.05, 3.63) is 34.9 Å². The summed E-state index contributed by atoms with van der Waals surface area (Å²) in [7, 11) is 0. The minimum absolute atomic E-state index is 0.0173. The third-order valence-corrected chi connectivity index (χ3v) is 4.45. The molecule has 6 heteroatoms. The molecule has 0 saturated carbocycles. The fourth-order valence-corrected chi connectivity index (χ4v) is 3.05. The van der Waals surface area contributed by atoms with Gasteiger partial charge in [0, 0.05) is 37.5 Å². The minimum atomic E-state index is -0.772. The number of aliphatic hydroxyl groups excluding tert-OH is 1. The summed E-state index contributed by atoms with van der Waals surface area (Å²) in [4.78, 5) is 25.5. The normalized spacial score (nSPS) is 19.3. The number of carbonyl (C=O) groups excluding carboxylic acids is 2. The molecule has 0 aliphatic carbocycles. The summed E-state index contributed by atoms with van der Waals surface area (Å²) in [5, 5.41) is 13.4. The Hall–Kier alpha value is -1.59. The van der Waals surface area contributed by atoms with Crippen LogP contribution in [0, 0.1) is 0 Å². The van der Waals surface area contributed by atoms with E-state index in [4.69, 9.17) is 11.6 Å². The Balaban J connectivity index is 1.82. The summed E-state index contributed by atoms with van der Waals surface area (Å²) in [6, 6.07) is 6.84. The van der Waals surface area contributed by atoms with Crippen molar-refractivity contribution in [1.29, 1.82) is 0 Å². The van der Waals surface area contributed by atoms with Crippen molar-refractivity contribution in [2.24, 2.45) is 0 Å². The van der Waals surface area contributed by atoms with Crippen molar-refractivity contribution in [2.75, 3.05) is 13.1 Å². The second-order valence-corrected chi connectivity index (χ2v) is 6.37. The molecule has 0 bridgehead atoms. The zero-order valence-corrected chi connectivity index (χ0v) is 14.1.